The Bertz CT molecular complexity index is 1270. The summed E-state index contributed by atoms with van der Waals surface area (Å²) in [5.74, 6) is -1.89. The molecule has 1 heterocycles. The van der Waals surface area contributed by atoms with Crippen LogP contribution in [-0.4, -0.2) is 51.8 Å². The zero-order valence-corrected chi connectivity index (χ0v) is 22.5. The molecule has 4 rings (SSSR count). The van der Waals surface area contributed by atoms with E-state index in [0.29, 0.717) is 24.7 Å². The molecule has 12 heteroatoms. The summed E-state index contributed by atoms with van der Waals surface area (Å²) in [6.07, 6.45) is 0.618. The van der Waals surface area contributed by atoms with Gasteiger partial charge in [0.15, 0.2) is 0 Å². The van der Waals surface area contributed by atoms with Crippen LogP contribution in [0.25, 0.3) is 0 Å². The number of aliphatic carboxylic acids is 1. The lowest BCUT2D eigenvalue weighted by Crippen LogP contribution is -2.45. The number of rotatable bonds is 10. The van der Waals surface area contributed by atoms with Gasteiger partial charge in [0.2, 0.25) is 11.9 Å². The van der Waals surface area contributed by atoms with E-state index in [1.807, 2.05) is 43.3 Å². The first-order chi connectivity index (χ1) is 19.5. The third kappa shape index (κ3) is 11.1. The van der Waals surface area contributed by atoms with Crippen molar-refractivity contribution < 1.29 is 32.3 Å². The van der Waals surface area contributed by atoms with Gasteiger partial charge in [0.1, 0.15) is 17.7 Å². The van der Waals surface area contributed by atoms with E-state index in [-0.39, 0.29) is 17.8 Å². The molecule has 1 aliphatic carbocycles. The summed E-state index contributed by atoms with van der Waals surface area (Å²) in [5.41, 5.74) is 2.92. The zero-order valence-electron chi connectivity index (χ0n) is 22.5. The lowest BCUT2D eigenvalue weighted by molar-refractivity contribution is -0.192. The number of carbonyl (C=O) groups is 2. The van der Waals surface area contributed by atoms with Gasteiger partial charge < -0.3 is 21.1 Å². The predicted molar refractivity (Wildman–Crippen MR) is 147 cm³/mol. The van der Waals surface area contributed by atoms with Crippen molar-refractivity contribution in [2.45, 2.75) is 63.7 Å². The minimum atomic E-state index is -5.08. The number of nitrogens with one attached hydrogen (secondary N) is 3. The molecule has 0 unspecified atom stereocenters. The number of carboxylic acids is 1. The standard InChI is InChI=1S/C27H32FN5O.C2HF3O2/c1-19-17-25(33-27(30-19)29-16-15-20-11-13-22(28)14-12-20)32-24(18-21-7-3-2-4-8-21)26(34)31-23-9-5-6-10-23;3-2(4,5)1(6)7/h2-4,7-8,11-14,17,23-24H,5-6,9-10,15-16,18H2,1H3,(H,31,34)(H2,29,30,32,33);(H,6,7)/t24-;/m0./s1. The molecule has 220 valence electrons. The fourth-order valence-corrected chi connectivity index (χ4v) is 4.30. The van der Waals surface area contributed by atoms with E-state index in [0.717, 1.165) is 36.1 Å². The number of halogens is 4. The molecule has 4 N–H and O–H groups in total. The third-order valence-corrected chi connectivity index (χ3v) is 6.33. The predicted octanol–water partition coefficient (Wildman–Crippen LogP) is 5.29. The molecule has 0 aliphatic heterocycles. The molecule has 2 aromatic carbocycles. The van der Waals surface area contributed by atoms with Gasteiger partial charge >= 0.3 is 12.1 Å². The van der Waals surface area contributed by atoms with Crippen LogP contribution in [0.15, 0.2) is 60.7 Å². The van der Waals surface area contributed by atoms with Gasteiger partial charge in [-0.1, -0.05) is 55.3 Å². The van der Waals surface area contributed by atoms with Gasteiger partial charge in [-0.3, -0.25) is 4.79 Å². The second kappa shape index (κ2) is 15.0. The van der Waals surface area contributed by atoms with Crippen LogP contribution in [0.4, 0.5) is 29.3 Å². The average Bonchev–Trinajstić information content (AvgIpc) is 3.43. The van der Waals surface area contributed by atoms with Gasteiger partial charge in [-0.25, -0.2) is 14.2 Å². The smallest absolute Gasteiger partial charge is 0.475 e. The quantitative estimate of drug-likeness (QED) is 0.243. The van der Waals surface area contributed by atoms with E-state index in [1.165, 1.54) is 25.0 Å². The first-order valence-corrected chi connectivity index (χ1v) is 13.2. The van der Waals surface area contributed by atoms with Gasteiger partial charge in [-0.2, -0.15) is 18.2 Å². The van der Waals surface area contributed by atoms with Crippen LogP contribution < -0.4 is 16.0 Å². The van der Waals surface area contributed by atoms with Gasteiger partial charge in [0, 0.05) is 30.8 Å². The summed E-state index contributed by atoms with van der Waals surface area (Å²) in [5, 5.41) is 16.9. The summed E-state index contributed by atoms with van der Waals surface area (Å²) < 4.78 is 44.8. The number of hydrogen-bond donors (Lipinski definition) is 4. The number of anilines is 2. The number of carbonyl (C=O) groups excluding carboxylic acids is 1. The first kappa shape index (κ1) is 31.3. The maximum absolute atomic E-state index is 13.2. The Kier molecular flexibility index (Phi) is 11.4. The minimum Gasteiger partial charge on any atom is -0.475 e. The molecule has 41 heavy (non-hydrogen) atoms. The highest BCUT2D eigenvalue weighted by Crippen LogP contribution is 2.19. The summed E-state index contributed by atoms with van der Waals surface area (Å²) >= 11 is 0. The number of hydrogen-bond acceptors (Lipinski definition) is 6. The summed E-state index contributed by atoms with van der Waals surface area (Å²) in [7, 11) is 0. The SMILES string of the molecule is Cc1cc(N[C@@H](Cc2ccccc2)C(=O)NC2CCCC2)nc(NCCc2ccc(F)cc2)n1.O=C(O)C(F)(F)F. The molecule has 1 saturated carbocycles. The van der Waals surface area contributed by atoms with E-state index in [4.69, 9.17) is 9.90 Å². The number of alkyl halides is 3. The zero-order chi connectivity index (χ0) is 29.8. The molecule has 0 radical (unpaired) electrons. The molecule has 1 fully saturated rings. The molecule has 0 bridgehead atoms. The van der Waals surface area contributed by atoms with E-state index < -0.39 is 18.2 Å². The highest BCUT2D eigenvalue weighted by atomic mass is 19.4. The largest absolute Gasteiger partial charge is 0.490 e. The Morgan fingerprint density at radius 1 is 1.00 bits per heavy atom. The van der Waals surface area contributed by atoms with Gasteiger partial charge in [-0.15, -0.1) is 0 Å². The van der Waals surface area contributed by atoms with Crippen LogP contribution in [0.5, 0.6) is 0 Å². The Hall–Kier alpha value is -4.22. The fraction of sp³-hybridized carbons (Fsp3) is 0.379. The van der Waals surface area contributed by atoms with Crippen molar-refractivity contribution in [1.82, 2.24) is 15.3 Å². The van der Waals surface area contributed by atoms with Crippen molar-refractivity contribution in [2.75, 3.05) is 17.2 Å². The van der Waals surface area contributed by atoms with Crippen LogP contribution >= 0.6 is 0 Å². The maximum atomic E-state index is 13.2. The number of carboxylic acid groups (broad SMARTS) is 1. The molecule has 1 aliphatic rings. The summed E-state index contributed by atoms with van der Waals surface area (Å²) in [6, 6.07) is 18.2. The van der Waals surface area contributed by atoms with Crippen molar-refractivity contribution in [3.05, 3.63) is 83.3 Å². The highest BCUT2D eigenvalue weighted by Gasteiger charge is 2.38. The van der Waals surface area contributed by atoms with Crippen molar-refractivity contribution in [2.24, 2.45) is 0 Å². The normalized spacial score (nSPS) is 14.0. The van der Waals surface area contributed by atoms with Gasteiger partial charge in [-0.05, 0) is 49.4 Å². The topological polar surface area (TPSA) is 116 Å². The maximum Gasteiger partial charge on any atom is 0.490 e. The van der Waals surface area contributed by atoms with Crippen molar-refractivity contribution in [3.63, 3.8) is 0 Å². The number of amides is 1. The molecule has 1 amide bonds. The second-order valence-electron chi connectivity index (χ2n) is 9.70. The monoisotopic (exact) mass is 575 g/mol. The molecule has 8 nitrogen and oxygen atoms in total. The Morgan fingerprint density at radius 3 is 2.24 bits per heavy atom. The number of aromatic nitrogens is 2. The molecule has 0 spiro atoms. The van der Waals surface area contributed by atoms with E-state index >= 15 is 0 Å². The van der Waals surface area contributed by atoms with E-state index in [1.54, 1.807) is 12.1 Å². The van der Waals surface area contributed by atoms with Gasteiger partial charge in [0.25, 0.3) is 0 Å². The molecule has 0 saturated heterocycles. The molecule has 1 atom stereocenters. The fourth-order valence-electron chi connectivity index (χ4n) is 4.30. The second-order valence-corrected chi connectivity index (χ2v) is 9.70. The van der Waals surface area contributed by atoms with E-state index in [2.05, 4.69) is 25.9 Å². The molecule has 3 aromatic rings. The number of nitrogens with zero attached hydrogens (tertiary/aromatic N) is 2. The van der Waals surface area contributed by atoms with Crippen LogP contribution in [-0.2, 0) is 22.4 Å². The first-order valence-electron chi connectivity index (χ1n) is 13.2. The van der Waals surface area contributed by atoms with Crippen molar-refractivity contribution in [3.8, 4) is 0 Å². The highest BCUT2D eigenvalue weighted by molar-refractivity contribution is 5.85. The third-order valence-electron chi connectivity index (χ3n) is 6.33. The Labute approximate surface area is 235 Å². The molecule has 1 aromatic heterocycles. The molecular formula is C29H33F4N5O3. The lowest BCUT2D eigenvalue weighted by Gasteiger charge is -2.22. The summed E-state index contributed by atoms with van der Waals surface area (Å²) in [6.45, 7) is 2.52. The van der Waals surface area contributed by atoms with E-state index in [9.17, 15) is 22.4 Å². The van der Waals surface area contributed by atoms with Crippen LogP contribution in [0, 0.1) is 12.7 Å². The number of benzene rings is 2. The Balaban J connectivity index is 0.000000587. The van der Waals surface area contributed by atoms with Crippen LogP contribution in [0.2, 0.25) is 0 Å². The van der Waals surface area contributed by atoms with Crippen molar-refractivity contribution in [1.29, 1.82) is 0 Å². The number of aryl methyl sites for hydroxylation is 1. The van der Waals surface area contributed by atoms with Crippen molar-refractivity contribution >= 4 is 23.6 Å². The Morgan fingerprint density at radius 2 is 1.63 bits per heavy atom. The minimum absolute atomic E-state index is 0.00200. The average molecular weight is 576 g/mol. The van der Waals surface area contributed by atoms with Crippen LogP contribution in [0.3, 0.4) is 0 Å². The van der Waals surface area contributed by atoms with Crippen LogP contribution in [0.1, 0.15) is 42.5 Å². The molecular weight excluding hydrogens is 542 g/mol. The lowest BCUT2D eigenvalue weighted by atomic mass is 10.0. The van der Waals surface area contributed by atoms with Gasteiger partial charge in [0.05, 0.1) is 0 Å². The summed E-state index contributed by atoms with van der Waals surface area (Å²) in [4.78, 5) is 31.1.